The van der Waals surface area contributed by atoms with Crippen molar-refractivity contribution >= 4 is 17.6 Å². The van der Waals surface area contributed by atoms with E-state index >= 15 is 0 Å². The van der Waals surface area contributed by atoms with Gasteiger partial charge in [0.25, 0.3) is 5.69 Å². The van der Waals surface area contributed by atoms with Crippen molar-refractivity contribution in [2.75, 3.05) is 17.6 Å². The highest BCUT2D eigenvalue weighted by Gasteiger charge is 2.11. The minimum absolute atomic E-state index is 0.0191. The van der Waals surface area contributed by atoms with Crippen molar-refractivity contribution in [2.24, 2.45) is 5.92 Å². The van der Waals surface area contributed by atoms with Crippen LogP contribution in [0.25, 0.3) is 5.69 Å². The van der Waals surface area contributed by atoms with Crippen LogP contribution < -0.4 is 11.1 Å². The average molecular weight is 276 g/mol. The van der Waals surface area contributed by atoms with E-state index in [1.165, 1.54) is 16.8 Å². The summed E-state index contributed by atoms with van der Waals surface area (Å²) in [6, 6.07) is 5.96. The molecule has 0 aliphatic rings. The molecule has 0 atom stereocenters. The third-order valence-corrected chi connectivity index (χ3v) is 2.61. The Labute approximate surface area is 115 Å². The summed E-state index contributed by atoms with van der Waals surface area (Å²) in [5, 5.41) is 17.9. The number of nitro benzene ring substituents is 1. The molecule has 20 heavy (non-hydrogen) atoms. The molecular weight excluding hydrogens is 260 g/mol. The predicted molar refractivity (Wildman–Crippen MR) is 75.8 cm³/mol. The van der Waals surface area contributed by atoms with Crippen LogP contribution in [0.3, 0.4) is 0 Å². The molecule has 0 radical (unpaired) electrons. The van der Waals surface area contributed by atoms with E-state index in [-0.39, 0.29) is 11.6 Å². The number of nitrogen functional groups attached to an aromatic ring is 1. The van der Waals surface area contributed by atoms with Gasteiger partial charge in [0, 0.05) is 18.7 Å². The number of non-ortho nitro benzene ring substituents is 1. The molecular formula is C12H16N6O2. The first-order chi connectivity index (χ1) is 9.47. The summed E-state index contributed by atoms with van der Waals surface area (Å²) in [6.45, 7) is 4.89. The molecule has 8 heteroatoms. The van der Waals surface area contributed by atoms with Crippen molar-refractivity contribution in [1.82, 2.24) is 14.8 Å². The molecule has 0 fully saturated rings. The Hall–Kier alpha value is -2.64. The van der Waals surface area contributed by atoms with Crippen molar-refractivity contribution in [3.05, 3.63) is 34.4 Å². The summed E-state index contributed by atoms with van der Waals surface area (Å²) in [5.41, 5.74) is 6.44. The van der Waals surface area contributed by atoms with E-state index in [1.54, 1.807) is 12.1 Å². The van der Waals surface area contributed by atoms with E-state index in [9.17, 15) is 10.1 Å². The summed E-state index contributed by atoms with van der Waals surface area (Å²) in [6.07, 6.45) is 0. The number of anilines is 2. The molecule has 0 bridgehead atoms. The number of rotatable bonds is 5. The highest BCUT2D eigenvalue weighted by Crippen LogP contribution is 2.17. The fraction of sp³-hybridized carbons (Fsp3) is 0.333. The zero-order valence-electron chi connectivity index (χ0n) is 11.3. The molecule has 2 rings (SSSR count). The third kappa shape index (κ3) is 3.02. The molecule has 1 aromatic carbocycles. The molecule has 0 saturated heterocycles. The van der Waals surface area contributed by atoms with Crippen molar-refractivity contribution in [1.29, 1.82) is 0 Å². The zero-order valence-corrected chi connectivity index (χ0v) is 11.3. The number of hydrogen-bond acceptors (Lipinski definition) is 6. The van der Waals surface area contributed by atoms with Crippen LogP contribution in [-0.2, 0) is 0 Å². The number of aromatic nitrogens is 3. The lowest BCUT2D eigenvalue weighted by Gasteiger charge is -2.04. The van der Waals surface area contributed by atoms with Gasteiger partial charge in [-0.15, -0.1) is 5.10 Å². The second kappa shape index (κ2) is 5.55. The van der Waals surface area contributed by atoms with Gasteiger partial charge >= 0.3 is 0 Å². The SMILES string of the molecule is CC(C)CNc1nc(N)n(-c2ccc([N+](=O)[O-])cc2)n1. The minimum Gasteiger partial charge on any atom is -0.368 e. The predicted octanol–water partition coefficient (Wildman–Crippen LogP) is 1.83. The van der Waals surface area contributed by atoms with Crippen LogP contribution in [0.2, 0.25) is 0 Å². The minimum atomic E-state index is -0.454. The number of nitrogens with two attached hydrogens (primary N) is 1. The molecule has 106 valence electrons. The van der Waals surface area contributed by atoms with Crippen molar-refractivity contribution in [3.8, 4) is 5.69 Å². The van der Waals surface area contributed by atoms with Crippen LogP contribution in [0, 0.1) is 16.0 Å². The number of hydrogen-bond donors (Lipinski definition) is 2. The number of nitro groups is 1. The molecule has 0 unspecified atom stereocenters. The smallest absolute Gasteiger partial charge is 0.269 e. The first-order valence-corrected chi connectivity index (χ1v) is 6.18. The summed E-state index contributed by atoms with van der Waals surface area (Å²) in [7, 11) is 0. The summed E-state index contributed by atoms with van der Waals surface area (Å²) < 4.78 is 1.44. The van der Waals surface area contributed by atoms with Crippen LogP contribution in [-0.4, -0.2) is 26.2 Å². The Morgan fingerprint density at radius 3 is 2.60 bits per heavy atom. The molecule has 0 spiro atoms. The van der Waals surface area contributed by atoms with Gasteiger partial charge in [-0.25, -0.2) is 0 Å². The molecule has 0 amide bonds. The standard InChI is InChI=1S/C12H16N6O2/c1-8(2)7-14-12-15-11(13)17(16-12)9-3-5-10(6-4-9)18(19)20/h3-6,8H,7H2,1-2H3,(H3,13,14,15,16). The van der Waals surface area contributed by atoms with Crippen LogP contribution in [0.4, 0.5) is 17.6 Å². The Morgan fingerprint density at radius 1 is 1.40 bits per heavy atom. The molecule has 0 saturated carbocycles. The highest BCUT2D eigenvalue weighted by molar-refractivity contribution is 5.45. The van der Waals surface area contributed by atoms with Gasteiger partial charge in [0.05, 0.1) is 10.6 Å². The number of benzene rings is 1. The van der Waals surface area contributed by atoms with Gasteiger partial charge in [-0.05, 0) is 18.1 Å². The lowest BCUT2D eigenvalue weighted by atomic mass is 10.2. The third-order valence-electron chi connectivity index (χ3n) is 2.61. The fourth-order valence-electron chi connectivity index (χ4n) is 1.60. The quantitative estimate of drug-likeness (QED) is 0.636. The molecule has 0 aliphatic heterocycles. The van der Waals surface area contributed by atoms with E-state index in [0.29, 0.717) is 17.6 Å². The first-order valence-electron chi connectivity index (χ1n) is 6.18. The van der Waals surface area contributed by atoms with Crippen LogP contribution in [0.15, 0.2) is 24.3 Å². The van der Waals surface area contributed by atoms with E-state index in [2.05, 4.69) is 29.2 Å². The van der Waals surface area contributed by atoms with Gasteiger partial charge < -0.3 is 11.1 Å². The van der Waals surface area contributed by atoms with Crippen LogP contribution in [0.5, 0.6) is 0 Å². The summed E-state index contributed by atoms with van der Waals surface area (Å²) in [5.74, 6) is 1.13. The maximum absolute atomic E-state index is 10.6. The van der Waals surface area contributed by atoms with E-state index in [1.807, 2.05) is 0 Å². The lowest BCUT2D eigenvalue weighted by Crippen LogP contribution is -2.09. The Kier molecular flexibility index (Phi) is 3.83. The maximum Gasteiger partial charge on any atom is 0.269 e. The average Bonchev–Trinajstić information content (AvgIpc) is 2.78. The van der Waals surface area contributed by atoms with Gasteiger partial charge in [0.15, 0.2) is 0 Å². The normalized spacial score (nSPS) is 10.8. The topological polar surface area (TPSA) is 112 Å². The van der Waals surface area contributed by atoms with Gasteiger partial charge in [0.2, 0.25) is 11.9 Å². The molecule has 1 heterocycles. The van der Waals surface area contributed by atoms with Crippen molar-refractivity contribution in [3.63, 3.8) is 0 Å². The molecule has 8 nitrogen and oxygen atoms in total. The zero-order chi connectivity index (χ0) is 14.7. The number of nitrogens with one attached hydrogen (secondary N) is 1. The number of nitrogens with zero attached hydrogens (tertiary/aromatic N) is 4. The van der Waals surface area contributed by atoms with E-state index in [4.69, 9.17) is 5.73 Å². The largest absolute Gasteiger partial charge is 0.368 e. The van der Waals surface area contributed by atoms with E-state index in [0.717, 1.165) is 6.54 Å². The summed E-state index contributed by atoms with van der Waals surface area (Å²) in [4.78, 5) is 14.3. The Morgan fingerprint density at radius 2 is 2.05 bits per heavy atom. The summed E-state index contributed by atoms with van der Waals surface area (Å²) >= 11 is 0. The lowest BCUT2D eigenvalue weighted by molar-refractivity contribution is -0.384. The molecule has 0 aliphatic carbocycles. The second-order valence-corrected chi connectivity index (χ2v) is 4.75. The van der Waals surface area contributed by atoms with Gasteiger partial charge in [-0.1, -0.05) is 13.8 Å². The van der Waals surface area contributed by atoms with Gasteiger partial charge in [0.1, 0.15) is 0 Å². The maximum atomic E-state index is 10.6. The van der Waals surface area contributed by atoms with E-state index < -0.39 is 4.92 Å². The highest BCUT2D eigenvalue weighted by atomic mass is 16.6. The van der Waals surface area contributed by atoms with Crippen LogP contribution in [0.1, 0.15) is 13.8 Å². The molecule has 2 aromatic rings. The Bertz CT molecular complexity index is 605. The molecule has 1 aromatic heterocycles. The van der Waals surface area contributed by atoms with Crippen LogP contribution >= 0.6 is 0 Å². The first kappa shape index (κ1) is 13.8. The Balaban J connectivity index is 2.21. The fourth-order valence-corrected chi connectivity index (χ4v) is 1.60. The monoisotopic (exact) mass is 276 g/mol. The van der Waals surface area contributed by atoms with Crippen molar-refractivity contribution in [2.45, 2.75) is 13.8 Å². The van der Waals surface area contributed by atoms with Gasteiger partial charge in [-0.2, -0.15) is 9.67 Å². The van der Waals surface area contributed by atoms with Crippen molar-refractivity contribution < 1.29 is 4.92 Å². The van der Waals surface area contributed by atoms with Gasteiger partial charge in [-0.3, -0.25) is 10.1 Å². The molecule has 3 N–H and O–H groups in total. The second-order valence-electron chi connectivity index (χ2n) is 4.75.